The second-order valence-electron chi connectivity index (χ2n) is 3.71. The van der Waals surface area contributed by atoms with Gasteiger partial charge in [-0.3, -0.25) is 0 Å². The lowest BCUT2D eigenvalue weighted by atomic mass is 10.0. The molecule has 1 N–H and O–H groups in total. The van der Waals surface area contributed by atoms with Gasteiger partial charge in [0.05, 0.1) is 0 Å². The number of aliphatic hydroxyl groups is 1. The van der Waals surface area contributed by atoms with Gasteiger partial charge in [-0.2, -0.15) is 0 Å². The van der Waals surface area contributed by atoms with Gasteiger partial charge in [-0.15, -0.1) is 0 Å². The fourth-order valence-electron chi connectivity index (χ4n) is 1.62. The van der Waals surface area contributed by atoms with Crippen molar-refractivity contribution in [1.82, 2.24) is 0 Å². The maximum Gasteiger partial charge on any atom is 0.159 e. The number of rotatable bonds is 2. The molecule has 2 aromatic rings. The Balaban J connectivity index is 2.48. The minimum atomic E-state index is -1.37. The fraction of sp³-hybridized carbons (Fsp3) is 0.0769. The first kappa shape index (κ1) is 13.1. The molecule has 0 aliphatic carbocycles. The molecule has 0 fully saturated rings. The summed E-state index contributed by atoms with van der Waals surface area (Å²) < 4.78 is 39.8. The van der Waals surface area contributed by atoms with Gasteiger partial charge < -0.3 is 5.11 Å². The van der Waals surface area contributed by atoms with Gasteiger partial charge in [0.25, 0.3) is 0 Å². The molecule has 2 aromatic carbocycles. The third kappa shape index (κ3) is 2.42. The van der Waals surface area contributed by atoms with Gasteiger partial charge in [0.1, 0.15) is 11.9 Å². The highest BCUT2D eigenvalue weighted by Crippen LogP contribution is 2.31. The maximum atomic E-state index is 13.6. The second kappa shape index (κ2) is 5.12. The lowest BCUT2D eigenvalue weighted by Crippen LogP contribution is -2.04. The van der Waals surface area contributed by atoms with Gasteiger partial charge in [-0.1, -0.05) is 28.1 Å². The fourth-order valence-corrected chi connectivity index (χ4v) is 2.18. The van der Waals surface area contributed by atoms with Crippen LogP contribution in [-0.4, -0.2) is 5.11 Å². The average molecular weight is 317 g/mol. The van der Waals surface area contributed by atoms with Gasteiger partial charge in [0.2, 0.25) is 0 Å². The Hall–Kier alpha value is -1.33. The monoisotopic (exact) mass is 316 g/mol. The van der Waals surface area contributed by atoms with Crippen molar-refractivity contribution in [3.8, 4) is 0 Å². The molecule has 0 spiro atoms. The first-order valence-corrected chi connectivity index (χ1v) is 5.87. The van der Waals surface area contributed by atoms with E-state index in [0.717, 1.165) is 12.1 Å². The lowest BCUT2D eigenvalue weighted by molar-refractivity contribution is 0.213. The molecule has 0 saturated carbocycles. The molecule has 0 amide bonds. The first-order chi connectivity index (χ1) is 8.50. The number of halogens is 4. The Kier molecular flexibility index (Phi) is 3.73. The Labute approximate surface area is 110 Å². The van der Waals surface area contributed by atoms with E-state index in [1.807, 2.05) is 0 Å². The average Bonchev–Trinajstić information content (AvgIpc) is 2.32. The molecule has 18 heavy (non-hydrogen) atoms. The standard InChI is InChI=1S/C13H8BrF3O/c14-8-2-1-3-10(16)12(8)13(18)7-4-5-9(15)11(17)6-7/h1-6,13,18H. The van der Waals surface area contributed by atoms with E-state index in [1.54, 1.807) is 6.07 Å². The summed E-state index contributed by atoms with van der Waals surface area (Å²) in [6.45, 7) is 0. The molecule has 0 saturated heterocycles. The van der Waals surface area contributed by atoms with Crippen molar-refractivity contribution in [2.45, 2.75) is 6.10 Å². The number of benzene rings is 2. The molecule has 2 rings (SSSR count). The summed E-state index contributed by atoms with van der Waals surface area (Å²) in [5.41, 5.74) is 0.0724. The van der Waals surface area contributed by atoms with Gasteiger partial charge in [0.15, 0.2) is 11.6 Å². The van der Waals surface area contributed by atoms with Crippen molar-refractivity contribution >= 4 is 15.9 Å². The topological polar surface area (TPSA) is 20.2 Å². The van der Waals surface area contributed by atoms with Crippen molar-refractivity contribution in [1.29, 1.82) is 0 Å². The summed E-state index contributed by atoms with van der Waals surface area (Å²) in [5, 5.41) is 10.0. The second-order valence-corrected chi connectivity index (χ2v) is 4.57. The third-order valence-corrected chi connectivity index (χ3v) is 3.22. The molecule has 0 aromatic heterocycles. The Morgan fingerprint density at radius 2 is 1.67 bits per heavy atom. The highest BCUT2D eigenvalue weighted by molar-refractivity contribution is 9.10. The van der Waals surface area contributed by atoms with E-state index in [-0.39, 0.29) is 11.1 Å². The first-order valence-electron chi connectivity index (χ1n) is 5.07. The van der Waals surface area contributed by atoms with Crippen LogP contribution in [0.3, 0.4) is 0 Å². The van der Waals surface area contributed by atoms with Crippen molar-refractivity contribution in [2.75, 3.05) is 0 Å². The van der Waals surface area contributed by atoms with Crippen molar-refractivity contribution in [3.05, 3.63) is 69.4 Å². The maximum absolute atomic E-state index is 13.6. The van der Waals surface area contributed by atoms with E-state index in [9.17, 15) is 18.3 Å². The van der Waals surface area contributed by atoms with Crippen LogP contribution < -0.4 is 0 Å². The number of aliphatic hydroxyl groups excluding tert-OH is 1. The van der Waals surface area contributed by atoms with E-state index in [2.05, 4.69) is 15.9 Å². The van der Waals surface area contributed by atoms with Gasteiger partial charge in [-0.05, 0) is 29.8 Å². The smallest absolute Gasteiger partial charge is 0.159 e. The molecule has 0 aliphatic heterocycles. The summed E-state index contributed by atoms with van der Waals surface area (Å²) >= 11 is 3.11. The normalized spacial score (nSPS) is 12.5. The largest absolute Gasteiger partial charge is 0.384 e. The highest BCUT2D eigenvalue weighted by atomic mass is 79.9. The summed E-state index contributed by atoms with van der Waals surface area (Å²) in [6, 6.07) is 7.16. The summed E-state index contributed by atoms with van der Waals surface area (Å²) in [7, 11) is 0. The van der Waals surface area contributed by atoms with Crippen LogP contribution in [0.5, 0.6) is 0 Å². The number of hydrogen-bond donors (Lipinski definition) is 1. The zero-order chi connectivity index (χ0) is 13.3. The predicted octanol–water partition coefficient (Wildman–Crippen LogP) is 3.95. The molecule has 0 radical (unpaired) electrons. The number of hydrogen-bond acceptors (Lipinski definition) is 1. The molecule has 5 heteroatoms. The highest BCUT2D eigenvalue weighted by Gasteiger charge is 2.19. The zero-order valence-corrected chi connectivity index (χ0v) is 10.6. The van der Waals surface area contributed by atoms with E-state index in [1.165, 1.54) is 18.2 Å². The predicted molar refractivity (Wildman–Crippen MR) is 64.5 cm³/mol. The molecular formula is C13H8BrF3O. The molecule has 0 aliphatic rings. The van der Waals surface area contributed by atoms with Crippen LogP contribution in [0.2, 0.25) is 0 Å². The molecule has 1 unspecified atom stereocenters. The van der Waals surface area contributed by atoms with E-state index in [0.29, 0.717) is 4.47 Å². The summed E-state index contributed by atoms with van der Waals surface area (Å²) in [4.78, 5) is 0. The van der Waals surface area contributed by atoms with E-state index >= 15 is 0 Å². The van der Waals surface area contributed by atoms with Crippen LogP contribution in [0, 0.1) is 17.5 Å². The SMILES string of the molecule is OC(c1ccc(F)c(F)c1)c1c(F)cccc1Br. The van der Waals surface area contributed by atoms with Crippen molar-refractivity contribution in [3.63, 3.8) is 0 Å². The summed E-state index contributed by atoms with van der Waals surface area (Å²) in [6.07, 6.45) is -1.37. The third-order valence-electron chi connectivity index (χ3n) is 2.53. The summed E-state index contributed by atoms with van der Waals surface area (Å²) in [5.74, 6) is -2.72. The molecule has 1 atom stereocenters. The molecule has 94 valence electrons. The molecule has 0 bridgehead atoms. The van der Waals surface area contributed by atoms with Crippen LogP contribution in [0.1, 0.15) is 17.2 Å². The lowest BCUT2D eigenvalue weighted by Gasteiger charge is -2.14. The Morgan fingerprint density at radius 1 is 0.944 bits per heavy atom. The molecule has 1 nitrogen and oxygen atoms in total. The Bertz CT molecular complexity index is 566. The van der Waals surface area contributed by atoms with E-state index < -0.39 is 23.6 Å². The van der Waals surface area contributed by atoms with Crippen LogP contribution in [0.4, 0.5) is 13.2 Å². The van der Waals surface area contributed by atoms with Gasteiger partial charge in [-0.25, -0.2) is 13.2 Å². The van der Waals surface area contributed by atoms with Gasteiger partial charge >= 0.3 is 0 Å². The molecule has 0 heterocycles. The van der Waals surface area contributed by atoms with Gasteiger partial charge in [0, 0.05) is 10.0 Å². The quantitative estimate of drug-likeness (QED) is 0.889. The van der Waals surface area contributed by atoms with Crippen LogP contribution in [0.25, 0.3) is 0 Å². The van der Waals surface area contributed by atoms with Crippen LogP contribution in [-0.2, 0) is 0 Å². The molecular weight excluding hydrogens is 309 g/mol. The minimum absolute atomic E-state index is 0.0106. The van der Waals surface area contributed by atoms with Crippen molar-refractivity contribution < 1.29 is 18.3 Å². The minimum Gasteiger partial charge on any atom is -0.384 e. The van der Waals surface area contributed by atoms with Crippen molar-refractivity contribution in [2.24, 2.45) is 0 Å². The Morgan fingerprint density at radius 3 is 2.28 bits per heavy atom. The zero-order valence-electron chi connectivity index (χ0n) is 9.00. The van der Waals surface area contributed by atoms with Crippen LogP contribution >= 0.6 is 15.9 Å². The van der Waals surface area contributed by atoms with E-state index in [4.69, 9.17) is 0 Å². The van der Waals surface area contributed by atoms with Crippen LogP contribution in [0.15, 0.2) is 40.9 Å².